The quantitative estimate of drug-likeness (QED) is 0.317. The van der Waals surface area contributed by atoms with Crippen LogP contribution in [0.15, 0.2) is 5.16 Å². The molecule has 0 radical (unpaired) electrons. The second-order valence-electron chi connectivity index (χ2n) is 5.47. The maximum absolute atomic E-state index is 12.5. The van der Waals surface area contributed by atoms with Crippen molar-refractivity contribution in [1.82, 2.24) is 5.32 Å². The first-order valence-electron chi connectivity index (χ1n) is 7.07. The molecule has 0 aromatic carbocycles. The van der Waals surface area contributed by atoms with E-state index in [9.17, 15) is 4.79 Å². The number of amides is 1. The molecule has 2 fully saturated rings. The average Bonchev–Trinajstić information content (AvgIpc) is 2.97. The van der Waals surface area contributed by atoms with Crippen molar-refractivity contribution in [1.29, 1.82) is 0 Å². The first kappa shape index (κ1) is 14.5. The molecule has 1 amide bonds. The molecule has 4 N–H and O–H groups in total. The van der Waals surface area contributed by atoms with Crippen molar-refractivity contribution in [2.45, 2.75) is 50.2 Å². The molecule has 1 aliphatic carbocycles. The molecular weight excluding hydrogens is 262 g/mol. The number of amidine groups is 1. The van der Waals surface area contributed by atoms with Gasteiger partial charge in [-0.05, 0) is 31.4 Å². The molecule has 2 rings (SSSR count). The summed E-state index contributed by atoms with van der Waals surface area (Å²) in [5, 5.41) is 15.6. The molecule has 1 unspecified atom stereocenters. The van der Waals surface area contributed by atoms with Crippen molar-refractivity contribution >= 4 is 23.5 Å². The lowest BCUT2D eigenvalue weighted by molar-refractivity contribution is -0.129. The molecule has 0 aromatic rings. The number of nitrogens with one attached hydrogen (secondary N) is 1. The summed E-state index contributed by atoms with van der Waals surface area (Å²) in [7, 11) is 0. The van der Waals surface area contributed by atoms with Crippen molar-refractivity contribution in [3.05, 3.63) is 0 Å². The van der Waals surface area contributed by atoms with E-state index in [2.05, 4.69) is 10.5 Å². The second-order valence-corrected chi connectivity index (χ2v) is 6.88. The van der Waals surface area contributed by atoms with Crippen LogP contribution in [-0.4, -0.2) is 34.5 Å². The highest BCUT2D eigenvalue weighted by atomic mass is 32.2. The van der Waals surface area contributed by atoms with Crippen LogP contribution in [0.3, 0.4) is 0 Å². The van der Waals surface area contributed by atoms with Crippen LogP contribution in [0.4, 0.5) is 0 Å². The topological polar surface area (TPSA) is 87.7 Å². The van der Waals surface area contributed by atoms with Crippen LogP contribution in [0, 0.1) is 5.41 Å². The Bertz CT molecular complexity index is 348. The molecular formula is C13H23N3O2S. The smallest absolute Gasteiger partial charge is 0.233 e. The fourth-order valence-electron chi connectivity index (χ4n) is 3.03. The largest absolute Gasteiger partial charge is 0.409 e. The summed E-state index contributed by atoms with van der Waals surface area (Å²) < 4.78 is 0. The average molecular weight is 285 g/mol. The number of oxime groups is 1. The second kappa shape index (κ2) is 6.50. The maximum atomic E-state index is 12.5. The van der Waals surface area contributed by atoms with Crippen LogP contribution in [0.2, 0.25) is 0 Å². The van der Waals surface area contributed by atoms with Crippen LogP contribution in [0.5, 0.6) is 0 Å². The third kappa shape index (κ3) is 3.16. The zero-order valence-electron chi connectivity index (χ0n) is 11.2. The molecule has 19 heavy (non-hydrogen) atoms. The Morgan fingerprint density at radius 1 is 1.37 bits per heavy atom. The lowest BCUT2D eigenvalue weighted by atomic mass is 9.72. The number of carbonyl (C=O) groups excluding carboxylic acids is 1. The van der Waals surface area contributed by atoms with Crippen molar-refractivity contribution in [3.8, 4) is 0 Å². The molecule has 1 heterocycles. The van der Waals surface area contributed by atoms with E-state index in [1.54, 1.807) is 0 Å². The van der Waals surface area contributed by atoms with Crippen LogP contribution < -0.4 is 11.1 Å². The molecule has 5 nitrogen and oxygen atoms in total. The van der Waals surface area contributed by atoms with Gasteiger partial charge in [-0.2, -0.15) is 11.8 Å². The van der Waals surface area contributed by atoms with Gasteiger partial charge in [0.25, 0.3) is 0 Å². The Morgan fingerprint density at radius 3 is 2.68 bits per heavy atom. The first-order valence-corrected chi connectivity index (χ1v) is 8.12. The summed E-state index contributed by atoms with van der Waals surface area (Å²) >= 11 is 1.92. The summed E-state index contributed by atoms with van der Waals surface area (Å²) in [4.78, 5) is 12.5. The Kier molecular flexibility index (Phi) is 4.96. The fraction of sp³-hybridized carbons (Fsp3) is 0.846. The Morgan fingerprint density at radius 2 is 2.11 bits per heavy atom. The molecule has 1 saturated heterocycles. The van der Waals surface area contributed by atoms with Gasteiger partial charge in [-0.15, -0.1) is 0 Å². The van der Waals surface area contributed by atoms with E-state index in [-0.39, 0.29) is 11.7 Å². The highest BCUT2D eigenvalue weighted by Gasteiger charge is 2.43. The number of carbonyl (C=O) groups is 1. The third-order valence-corrected chi connectivity index (χ3v) is 5.65. The maximum Gasteiger partial charge on any atom is 0.233 e. The molecule has 0 spiro atoms. The normalized spacial score (nSPS) is 27.2. The van der Waals surface area contributed by atoms with Gasteiger partial charge in [0.2, 0.25) is 5.91 Å². The van der Waals surface area contributed by atoms with E-state index >= 15 is 0 Å². The van der Waals surface area contributed by atoms with Gasteiger partial charge in [0.1, 0.15) is 5.41 Å². The van der Waals surface area contributed by atoms with Crippen LogP contribution in [-0.2, 0) is 4.79 Å². The molecule has 1 saturated carbocycles. The minimum atomic E-state index is -0.781. The molecule has 108 valence electrons. The van der Waals surface area contributed by atoms with Crippen LogP contribution in [0.1, 0.15) is 44.9 Å². The lowest BCUT2D eigenvalue weighted by Gasteiger charge is -2.34. The van der Waals surface area contributed by atoms with Gasteiger partial charge in [0, 0.05) is 11.8 Å². The van der Waals surface area contributed by atoms with Gasteiger partial charge in [0.05, 0.1) is 0 Å². The number of hydrogen-bond acceptors (Lipinski definition) is 4. The molecule has 0 aromatic heterocycles. The number of nitrogens with zero attached hydrogens (tertiary/aromatic N) is 1. The van der Waals surface area contributed by atoms with Gasteiger partial charge in [-0.1, -0.05) is 24.4 Å². The highest BCUT2D eigenvalue weighted by Crippen LogP contribution is 2.37. The number of thioether (sulfide) groups is 1. The Labute approximate surface area is 118 Å². The van der Waals surface area contributed by atoms with Crippen LogP contribution >= 0.6 is 11.8 Å². The summed E-state index contributed by atoms with van der Waals surface area (Å²) in [6, 6.07) is 0. The first-order chi connectivity index (χ1) is 9.19. The number of rotatable bonds is 4. The van der Waals surface area contributed by atoms with Crippen molar-refractivity contribution in [2.24, 2.45) is 16.3 Å². The van der Waals surface area contributed by atoms with E-state index < -0.39 is 5.41 Å². The van der Waals surface area contributed by atoms with E-state index in [4.69, 9.17) is 10.9 Å². The third-order valence-electron chi connectivity index (χ3n) is 4.25. The van der Waals surface area contributed by atoms with Crippen molar-refractivity contribution in [3.63, 3.8) is 0 Å². The minimum Gasteiger partial charge on any atom is -0.409 e. The van der Waals surface area contributed by atoms with Crippen LogP contribution in [0.25, 0.3) is 0 Å². The SMILES string of the molecule is NC(=NO)C1(C(=O)NCC2CCCS2)CCCCC1. The van der Waals surface area contributed by atoms with Gasteiger partial charge in [-0.3, -0.25) is 4.79 Å². The van der Waals surface area contributed by atoms with Gasteiger partial charge < -0.3 is 16.3 Å². The summed E-state index contributed by atoms with van der Waals surface area (Å²) in [5.74, 6) is 1.20. The fourth-order valence-corrected chi connectivity index (χ4v) is 4.23. The zero-order valence-corrected chi connectivity index (χ0v) is 12.0. The predicted molar refractivity (Wildman–Crippen MR) is 77.4 cm³/mol. The van der Waals surface area contributed by atoms with E-state index in [1.165, 1.54) is 18.6 Å². The standard InChI is InChI=1S/C13H23N3O2S/c14-11(16-18)13(6-2-1-3-7-13)12(17)15-9-10-5-4-8-19-10/h10,18H,1-9H2,(H2,14,16)(H,15,17). The van der Waals surface area contributed by atoms with E-state index in [0.29, 0.717) is 24.6 Å². The van der Waals surface area contributed by atoms with Gasteiger partial charge >= 0.3 is 0 Å². The highest BCUT2D eigenvalue weighted by molar-refractivity contribution is 8.00. The number of hydrogen-bond donors (Lipinski definition) is 3. The summed E-state index contributed by atoms with van der Waals surface area (Å²) in [6.45, 7) is 0.698. The van der Waals surface area contributed by atoms with Gasteiger partial charge in [-0.25, -0.2) is 0 Å². The molecule has 0 bridgehead atoms. The molecule has 1 atom stereocenters. The molecule has 1 aliphatic heterocycles. The monoisotopic (exact) mass is 285 g/mol. The zero-order chi connectivity index (χ0) is 13.7. The van der Waals surface area contributed by atoms with E-state index in [0.717, 1.165) is 19.3 Å². The van der Waals surface area contributed by atoms with Gasteiger partial charge in [0.15, 0.2) is 5.84 Å². The van der Waals surface area contributed by atoms with E-state index in [1.807, 2.05) is 11.8 Å². The summed E-state index contributed by atoms with van der Waals surface area (Å²) in [5.41, 5.74) is 5.02. The van der Waals surface area contributed by atoms with Crippen molar-refractivity contribution < 1.29 is 10.0 Å². The molecule has 2 aliphatic rings. The number of nitrogens with two attached hydrogens (primary N) is 1. The predicted octanol–water partition coefficient (Wildman–Crippen LogP) is 1.70. The Hall–Kier alpha value is -0.910. The molecule has 6 heteroatoms. The minimum absolute atomic E-state index is 0.0602. The Balaban J connectivity index is 1.98. The van der Waals surface area contributed by atoms with Crippen molar-refractivity contribution in [2.75, 3.05) is 12.3 Å². The summed E-state index contributed by atoms with van der Waals surface area (Å²) in [6.07, 6.45) is 6.81. The lowest BCUT2D eigenvalue weighted by Crippen LogP contribution is -2.51.